The lowest BCUT2D eigenvalue weighted by atomic mass is 9.66. The minimum atomic E-state index is -0.725. The average Bonchev–Trinajstić information content (AvgIpc) is 2.38. The number of carbonyl (C=O) groups is 1. The Bertz CT molecular complexity index is 340. The Balaban J connectivity index is 1.92. The molecule has 100 valence electrons. The second-order valence-electron chi connectivity index (χ2n) is 6.14. The molecule has 0 aromatic carbocycles. The van der Waals surface area contributed by atoms with Gasteiger partial charge in [0.1, 0.15) is 5.41 Å². The summed E-state index contributed by atoms with van der Waals surface area (Å²) in [7, 11) is 0. The third kappa shape index (κ3) is 2.39. The first kappa shape index (κ1) is 13.4. The van der Waals surface area contributed by atoms with Crippen LogP contribution in [0, 0.1) is 22.2 Å². The number of rotatable bonds is 4. The van der Waals surface area contributed by atoms with E-state index in [1.165, 1.54) is 19.3 Å². The molecule has 0 saturated heterocycles. The molecule has 0 aromatic rings. The predicted octanol–water partition coefficient (Wildman–Crippen LogP) is 3.16. The van der Waals surface area contributed by atoms with Crippen LogP contribution in [0.15, 0.2) is 0 Å². The summed E-state index contributed by atoms with van der Waals surface area (Å²) in [6.45, 7) is 2.97. The number of amides is 1. The molecule has 0 bridgehead atoms. The van der Waals surface area contributed by atoms with Crippen LogP contribution in [0.2, 0.25) is 0 Å². The van der Waals surface area contributed by atoms with Gasteiger partial charge in [0.05, 0.1) is 6.07 Å². The molecule has 2 saturated carbocycles. The summed E-state index contributed by atoms with van der Waals surface area (Å²) in [5, 5.41) is 12.4. The highest BCUT2D eigenvalue weighted by Gasteiger charge is 2.42. The molecule has 0 spiro atoms. The van der Waals surface area contributed by atoms with Crippen LogP contribution in [0.4, 0.5) is 0 Å². The van der Waals surface area contributed by atoms with E-state index in [9.17, 15) is 10.1 Å². The minimum Gasteiger partial charge on any atom is -0.354 e. The second-order valence-corrected chi connectivity index (χ2v) is 6.14. The molecule has 2 aliphatic rings. The van der Waals surface area contributed by atoms with Crippen molar-refractivity contribution in [2.24, 2.45) is 10.8 Å². The van der Waals surface area contributed by atoms with Crippen LogP contribution >= 0.6 is 0 Å². The van der Waals surface area contributed by atoms with Crippen molar-refractivity contribution in [2.45, 2.75) is 64.7 Å². The topological polar surface area (TPSA) is 52.9 Å². The van der Waals surface area contributed by atoms with Crippen molar-refractivity contribution in [1.29, 1.82) is 5.26 Å². The smallest absolute Gasteiger partial charge is 0.240 e. The fraction of sp³-hybridized carbons (Fsp3) is 0.867. The van der Waals surface area contributed by atoms with E-state index < -0.39 is 5.41 Å². The van der Waals surface area contributed by atoms with Gasteiger partial charge in [-0.15, -0.1) is 0 Å². The fourth-order valence-corrected chi connectivity index (χ4v) is 3.31. The van der Waals surface area contributed by atoms with Crippen LogP contribution in [0.1, 0.15) is 64.7 Å². The normalized spacial score (nSPS) is 24.7. The fourth-order valence-electron chi connectivity index (χ4n) is 3.31. The Labute approximate surface area is 110 Å². The number of nitrogens with one attached hydrogen (secondary N) is 1. The van der Waals surface area contributed by atoms with Crippen LogP contribution in [-0.2, 0) is 4.79 Å². The monoisotopic (exact) mass is 248 g/mol. The van der Waals surface area contributed by atoms with Gasteiger partial charge in [0.25, 0.3) is 0 Å². The standard InChI is InChI=1S/C15H24N2O/c1-2-14(7-6-8-14)12-17-13(18)15(11-16)9-4-3-5-10-15/h2-10,12H2,1H3,(H,17,18). The second kappa shape index (κ2) is 5.30. The molecule has 3 nitrogen and oxygen atoms in total. The van der Waals surface area contributed by atoms with E-state index in [4.69, 9.17) is 0 Å². The van der Waals surface area contributed by atoms with Gasteiger partial charge in [-0.25, -0.2) is 0 Å². The van der Waals surface area contributed by atoms with Crippen LogP contribution in [0.3, 0.4) is 0 Å². The zero-order valence-electron chi connectivity index (χ0n) is 11.4. The van der Waals surface area contributed by atoms with Crippen LogP contribution in [0.5, 0.6) is 0 Å². The summed E-state index contributed by atoms with van der Waals surface area (Å²) in [6, 6.07) is 2.30. The molecule has 3 heteroatoms. The van der Waals surface area contributed by atoms with Crippen molar-refractivity contribution in [1.82, 2.24) is 5.32 Å². The third-order valence-electron chi connectivity index (χ3n) is 5.14. The van der Waals surface area contributed by atoms with E-state index in [1.807, 2.05) is 0 Å². The van der Waals surface area contributed by atoms with Crippen LogP contribution in [-0.4, -0.2) is 12.5 Å². The molecule has 2 fully saturated rings. The highest BCUT2D eigenvalue weighted by atomic mass is 16.2. The highest BCUT2D eigenvalue weighted by Crippen LogP contribution is 2.43. The number of nitrogens with zero attached hydrogens (tertiary/aromatic N) is 1. The van der Waals surface area contributed by atoms with Gasteiger partial charge in [0, 0.05) is 6.54 Å². The summed E-state index contributed by atoms with van der Waals surface area (Å²) in [4.78, 5) is 12.3. The quantitative estimate of drug-likeness (QED) is 0.831. The lowest BCUT2D eigenvalue weighted by Crippen LogP contribution is -2.47. The number of nitriles is 1. The number of hydrogen-bond acceptors (Lipinski definition) is 2. The van der Waals surface area contributed by atoms with E-state index >= 15 is 0 Å². The summed E-state index contributed by atoms with van der Waals surface area (Å²) in [5.41, 5.74) is -0.391. The average molecular weight is 248 g/mol. The zero-order valence-corrected chi connectivity index (χ0v) is 11.4. The Morgan fingerprint density at radius 1 is 1.17 bits per heavy atom. The molecule has 1 amide bonds. The van der Waals surface area contributed by atoms with Gasteiger partial charge in [-0.3, -0.25) is 4.79 Å². The maximum Gasteiger partial charge on any atom is 0.240 e. The molecule has 0 aliphatic heterocycles. The van der Waals surface area contributed by atoms with E-state index in [0.29, 0.717) is 5.41 Å². The summed E-state index contributed by atoms with van der Waals surface area (Å²) < 4.78 is 0. The Hall–Kier alpha value is -1.04. The van der Waals surface area contributed by atoms with Crippen molar-refractivity contribution < 1.29 is 4.79 Å². The summed E-state index contributed by atoms with van der Waals surface area (Å²) in [6.07, 6.45) is 9.55. The molecule has 0 atom stereocenters. The Morgan fingerprint density at radius 2 is 1.83 bits per heavy atom. The van der Waals surface area contributed by atoms with E-state index in [1.54, 1.807) is 0 Å². The summed E-state index contributed by atoms with van der Waals surface area (Å²) in [5.74, 6) is -0.00979. The first-order valence-electron chi connectivity index (χ1n) is 7.36. The first-order chi connectivity index (χ1) is 8.66. The Morgan fingerprint density at radius 3 is 2.28 bits per heavy atom. The van der Waals surface area contributed by atoms with Crippen molar-refractivity contribution >= 4 is 5.91 Å². The largest absolute Gasteiger partial charge is 0.354 e. The Kier molecular flexibility index (Phi) is 3.94. The van der Waals surface area contributed by atoms with Crippen molar-refractivity contribution in [2.75, 3.05) is 6.54 Å². The highest BCUT2D eigenvalue weighted by molar-refractivity contribution is 5.85. The van der Waals surface area contributed by atoms with Crippen molar-refractivity contribution in [3.63, 3.8) is 0 Å². The molecule has 0 radical (unpaired) electrons. The van der Waals surface area contributed by atoms with Gasteiger partial charge >= 0.3 is 0 Å². The molecular weight excluding hydrogens is 224 g/mol. The minimum absolute atomic E-state index is 0.00979. The lowest BCUT2D eigenvalue weighted by Gasteiger charge is -2.42. The zero-order chi connectivity index (χ0) is 13.1. The SMILES string of the molecule is CCC1(CNC(=O)C2(C#N)CCCCC2)CCC1. The lowest BCUT2D eigenvalue weighted by molar-refractivity contribution is -0.130. The molecule has 2 rings (SSSR count). The first-order valence-corrected chi connectivity index (χ1v) is 7.36. The van der Waals surface area contributed by atoms with Crippen molar-refractivity contribution in [3.8, 4) is 6.07 Å². The van der Waals surface area contributed by atoms with Gasteiger partial charge in [-0.2, -0.15) is 5.26 Å². The van der Waals surface area contributed by atoms with Crippen LogP contribution in [0.25, 0.3) is 0 Å². The van der Waals surface area contributed by atoms with Gasteiger partial charge in [0.15, 0.2) is 0 Å². The number of carbonyl (C=O) groups excluding carboxylic acids is 1. The molecule has 2 aliphatic carbocycles. The van der Waals surface area contributed by atoms with Gasteiger partial charge in [-0.1, -0.05) is 32.6 Å². The van der Waals surface area contributed by atoms with E-state index in [-0.39, 0.29) is 5.91 Å². The molecule has 1 N–H and O–H groups in total. The maximum atomic E-state index is 12.3. The maximum absolute atomic E-state index is 12.3. The molecule has 0 heterocycles. The predicted molar refractivity (Wildman–Crippen MR) is 70.7 cm³/mol. The molecule has 0 aromatic heterocycles. The van der Waals surface area contributed by atoms with Crippen LogP contribution < -0.4 is 5.32 Å². The third-order valence-corrected chi connectivity index (χ3v) is 5.14. The van der Waals surface area contributed by atoms with E-state index in [2.05, 4.69) is 18.3 Å². The van der Waals surface area contributed by atoms with Crippen molar-refractivity contribution in [3.05, 3.63) is 0 Å². The number of hydrogen-bond donors (Lipinski definition) is 1. The van der Waals surface area contributed by atoms with E-state index in [0.717, 1.165) is 45.1 Å². The van der Waals surface area contributed by atoms with Gasteiger partial charge in [-0.05, 0) is 37.5 Å². The molecule has 0 unspecified atom stereocenters. The van der Waals surface area contributed by atoms with Gasteiger partial charge in [0.2, 0.25) is 5.91 Å². The summed E-state index contributed by atoms with van der Waals surface area (Å²) >= 11 is 0. The van der Waals surface area contributed by atoms with Gasteiger partial charge < -0.3 is 5.32 Å². The molecular formula is C15H24N2O. The molecule has 18 heavy (non-hydrogen) atoms.